The SMILES string of the molecule is CO.COc1ccc2c(c1C=O)OB(O)C(S/C(N)=C/NN)C2. The van der Waals surface area contributed by atoms with Gasteiger partial charge in [-0.25, -0.2) is 0 Å². The molecule has 1 atom stereocenters. The van der Waals surface area contributed by atoms with Gasteiger partial charge in [-0.1, -0.05) is 6.07 Å². The average Bonchev–Trinajstić information content (AvgIpc) is 2.56. The lowest BCUT2D eigenvalue weighted by atomic mass is 9.77. The molecule has 1 heterocycles. The number of hydrazine groups is 1. The summed E-state index contributed by atoms with van der Waals surface area (Å²) in [7, 11) is 1.39. The number of benzene rings is 1. The Kier molecular flexibility index (Phi) is 7.76. The predicted octanol–water partition coefficient (Wildman–Crippen LogP) is -0.606. The van der Waals surface area contributed by atoms with E-state index in [1.165, 1.54) is 25.1 Å². The number of carbonyl (C=O) groups is 1. The Hall–Kier alpha value is -1.88. The number of fused-ring (bicyclic) bond motifs is 1. The van der Waals surface area contributed by atoms with Crippen LogP contribution in [-0.2, 0) is 6.42 Å². The van der Waals surface area contributed by atoms with Crippen LogP contribution in [0, 0.1) is 0 Å². The lowest BCUT2D eigenvalue weighted by Crippen LogP contribution is -2.41. The number of aliphatic hydroxyl groups excluding tert-OH is 1. The number of thioether (sulfide) groups is 1. The van der Waals surface area contributed by atoms with Crippen molar-refractivity contribution in [2.75, 3.05) is 14.2 Å². The molecule has 0 aliphatic carbocycles. The van der Waals surface area contributed by atoms with Gasteiger partial charge in [-0.05, 0) is 18.1 Å². The Bertz CT molecular complexity index is 573. The molecule has 0 bridgehead atoms. The summed E-state index contributed by atoms with van der Waals surface area (Å²) in [5, 5.41) is 17.2. The third-order valence-electron chi connectivity index (χ3n) is 3.07. The van der Waals surface area contributed by atoms with Crippen LogP contribution >= 0.6 is 11.8 Å². The highest BCUT2D eigenvalue weighted by molar-refractivity contribution is 8.04. The Morgan fingerprint density at radius 2 is 2.26 bits per heavy atom. The van der Waals surface area contributed by atoms with E-state index in [0.717, 1.165) is 12.7 Å². The maximum Gasteiger partial charge on any atom is 0.537 e. The first-order valence-corrected chi connectivity index (χ1v) is 7.51. The van der Waals surface area contributed by atoms with Crippen LogP contribution < -0.4 is 26.4 Å². The van der Waals surface area contributed by atoms with Gasteiger partial charge in [-0.3, -0.25) is 10.6 Å². The van der Waals surface area contributed by atoms with E-state index in [0.29, 0.717) is 34.8 Å². The van der Waals surface area contributed by atoms with Crippen molar-refractivity contribution >= 4 is 25.2 Å². The number of nitrogens with one attached hydrogen (secondary N) is 1. The minimum Gasteiger partial charge on any atom is -0.535 e. The summed E-state index contributed by atoms with van der Waals surface area (Å²) in [4.78, 5) is 11.2. The summed E-state index contributed by atoms with van der Waals surface area (Å²) >= 11 is 1.24. The molecule has 23 heavy (non-hydrogen) atoms. The lowest BCUT2D eigenvalue weighted by molar-refractivity contribution is 0.111. The lowest BCUT2D eigenvalue weighted by Gasteiger charge is -2.28. The second-order valence-corrected chi connectivity index (χ2v) is 5.68. The van der Waals surface area contributed by atoms with Crippen molar-refractivity contribution in [1.82, 2.24) is 5.43 Å². The van der Waals surface area contributed by atoms with Crippen molar-refractivity contribution in [2.45, 2.75) is 11.6 Å². The van der Waals surface area contributed by atoms with E-state index in [1.54, 1.807) is 6.07 Å². The number of hydrogen-bond donors (Lipinski definition) is 5. The fourth-order valence-corrected chi connectivity index (χ4v) is 3.04. The van der Waals surface area contributed by atoms with Gasteiger partial charge in [0.15, 0.2) is 6.29 Å². The predicted molar refractivity (Wildman–Crippen MR) is 89.8 cm³/mol. The fourth-order valence-electron chi connectivity index (χ4n) is 2.12. The molecule has 8 nitrogen and oxygen atoms in total. The molecule has 1 aromatic rings. The molecule has 1 aromatic carbocycles. The molecule has 1 aliphatic rings. The molecule has 0 aromatic heterocycles. The van der Waals surface area contributed by atoms with Gasteiger partial charge in [0.05, 0.1) is 22.9 Å². The summed E-state index contributed by atoms with van der Waals surface area (Å²) in [5.74, 6) is 5.92. The Labute approximate surface area is 138 Å². The summed E-state index contributed by atoms with van der Waals surface area (Å²) in [5.41, 5.74) is 9.18. The summed E-state index contributed by atoms with van der Waals surface area (Å²) in [6.45, 7) is 0. The second-order valence-electron chi connectivity index (χ2n) is 4.37. The van der Waals surface area contributed by atoms with Crippen LogP contribution in [-0.4, -0.2) is 42.9 Å². The molecule has 0 spiro atoms. The number of aliphatic hydroxyl groups is 1. The van der Waals surface area contributed by atoms with E-state index in [4.69, 9.17) is 26.1 Å². The van der Waals surface area contributed by atoms with Gasteiger partial charge in [0, 0.05) is 13.3 Å². The number of aldehydes is 1. The van der Waals surface area contributed by atoms with Crippen molar-refractivity contribution in [3.05, 3.63) is 34.5 Å². The number of rotatable bonds is 5. The molecule has 10 heteroatoms. The van der Waals surface area contributed by atoms with Crippen molar-refractivity contribution < 1.29 is 24.3 Å². The zero-order valence-corrected chi connectivity index (χ0v) is 13.7. The zero-order valence-electron chi connectivity index (χ0n) is 12.9. The molecular weight excluding hydrogens is 321 g/mol. The third kappa shape index (κ3) is 4.55. The molecule has 0 fully saturated rings. The molecular formula is C13H20BN3O5S. The monoisotopic (exact) mass is 341 g/mol. The first-order chi connectivity index (χ1) is 11.1. The maximum atomic E-state index is 11.2. The highest BCUT2D eigenvalue weighted by atomic mass is 32.2. The summed E-state index contributed by atoms with van der Waals surface area (Å²) in [6.07, 6.45) is 2.59. The number of methoxy groups -OCH3 is 1. The number of carbonyl (C=O) groups excluding carboxylic acids is 1. The van der Waals surface area contributed by atoms with E-state index >= 15 is 0 Å². The molecule has 0 amide bonds. The smallest absolute Gasteiger partial charge is 0.535 e. The number of nitrogens with two attached hydrogens (primary N) is 2. The first-order valence-electron chi connectivity index (χ1n) is 6.63. The Morgan fingerprint density at radius 1 is 1.57 bits per heavy atom. The minimum atomic E-state index is -1.09. The van der Waals surface area contributed by atoms with Crippen molar-refractivity contribution in [1.29, 1.82) is 0 Å². The van der Waals surface area contributed by atoms with Gasteiger partial charge in [0.1, 0.15) is 11.5 Å². The van der Waals surface area contributed by atoms with Crippen LogP contribution in [0.3, 0.4) is 0 Å². The number of ether oxygens (including phenoxy) is 1. The van der Waals surface area contributed by atoms with Crippen LogP contribution in [0.5, 0.6) is 11.5 Å². The van der Waals surface area contributed by atoms with Gasteiger partial charge in [0.2, 0.25) is 0 Å². The molecule has 7 N–H and O–H groups in total. The van der Waals surface area contributed by atoms with Crippen molar-refractivity contribution in [3.63, 3.8) is 0 Å². The summed E-state index contributed by atoms with van der Waals surface area (Å²) < 4.78 is 10.6. The second kappa shape index (κ2) is 9.31. The maximum absolute atomic E-state index is 11.2. The largest absolute Gasteiger partial charge is 0.537 e. The highest BCUT2D eigenvalue weighted by Gasteiger charge is 2.37. The van der Waals surface area contributed by atoms with Crippen LogP contribution in [0.15, 0.2) is 23.4 Å². The topological polar surface area (TPSA) is 140 Å². The fraction of sp³-hybridized carbons (Fsp3) is 0.308. The molecule has 0 saturated carbocycles. The Balaban J connectivity index is 0.00000127. The van der Waals surface area contributed by atoms with Crippen LogP contribution in [0.4, 0.5) is 0 Å². The standard InChI is InChI=1S/C12H16BN3O4S.CH4O/c1-19-9-3-2-7-4-10(21-11(14)5-16-15)13(18)20-12(7)8(9)6-17;1-2/h2-3,5-6,10,16,18H,4,14-15H2,1H3;2H,1H3/b11-5+;. The van der Waals surface area contributed by atoms with Crippen molar-refractivity contribution in [3.8, 4) is 11.5 Å². The summed E-state index contributed by atoms with van der Waals surface area (Å²) in [6, 6.07) is 3.51. The Morgan fingerprint density at radius 3 is 2.83 bits per heavy atom. The minimum absolute atomic E-state index is 0.296. The first kappa shape index (κ1) is 19.2. The normalized spacial score (nSPS) is 16.5. The molecule has 126 valence electrons. The quantitative estimate of drug-likeness (QED) is 0.205. The van der Waals surface area contributed by atoms with Gasteiger partial charge >= 0.3 is 7.12 Å². The van der Waals surface area contributed by atoms with Crippen LogP contribution in [0.2, 0.25) is 0 Å². The number of hydrogen-bond acceptors (Lipinski definition) is 9. The van der Waals surface area contributed by atoms with E-state index in [-0.39, 0.29) is 5.15 Å². The van der Waals surface area contributed by atoms with E-state index in [2.05, 4.69) is 5.43 Å². The van der Waals surface area contributed by atoms with E-state index in [9.17, 15) is 9.82 Å². The van der Waals surface area contributed by atoms with Crippen LogP contribution in [0.25, 0.3) is 0 Å². The van der Waals surface area contributed by atoms with E-state index < -0.39 is 7.12 Å². The van der Waals surface area contributed by atoms with Crippen LogP contribution in [0.1, 0.15) is 15.9 Å². The molecule has 1 unspecified atom stereocenters. The zero-order chi connectivity index (χ0) is 17.4. The van der Waals surface area contributed by atoms with Gasteiger partial charge in [-0.2, -0.15) is 0 Å². The highest BCUT2D eigenvalue weighted by Crippen LogP contribution is 2.38. The molecule has 2 rings (SSSR count). The van der Waals surface area contributed by atoms with Gasteiger partial charge < -0.3 is 30.7 Å². The van der Waals surface area contributed by atoms with Gasteiger partial charge in [-0.15, -0.1) is 11.8 Å². The van der Waals surface area contributed by atoms with E-state index in [1.807, 2.05) is 6.07 Å². The average molecular weight is 341 g/mol. The third-order valence-corrected chi connectivity index (χ3v) is 4.16. The molecule has 0 saturated heterocycles. The van der Waals surface area contributed by atoms with Gasteiger partial charge in [0.25, 0.3) is 0 Å². The van der Waals surface area contributed by atoms with Crippen molar-refractivity contribution in [2.24, 2.45) is 11.6 Å². The molecule has 0 radical (unpaired) electrons. The molecule has 1 aliphatic heterocycles.